The number of urea groups is 1. The number of imide groups is 1. The van der Waals surface area contributed by atoms with Crippen molar-refractivity contribution in [3.63, 3.8) is 0 Å². The molecule has 1 N–H and O–H groups in total. The Hall–Kier alpha value is -3.42. The first-order valence-corrected chi connectivity index (χ1v) is 9.43. The van der Waals surface area contributed by atoms with Gasteiger partial charge in [-0.2, -0.15) is 0 Å². The van der Waals surface area contributed by atoms with E-state index in [2.05, 4.69) is 5.32 Å². The van der Waals surface area contributed by atoms with Crippen LogP contribution in [-0.4, -0.2) is 48.3 Å². The zero-order valence-corrected chi connectivity index (χ0v) is 17.4. The van der Waals surface area contributed by atoms with Crippen molar-refractivity contribution in [1.29, 1.82) is 0 Å². The fourth-order valence-corrected chi connectivity index (χ4v) is 3.35. The predicted octanol–water partition coefficient (Wildman–Crippen LogP) is 2.57. The van der Waals surface area contributed by atoms with Gasteiger partial charge in [0, 0.05) is 13.6 Å². The zero-order valence-electron chi connectivity index (χ0n) is 17.4. The van der Waals surface area contributed by atoms with Crippen LogP contribution >= 0.6 is 0 Å². The number of hydrogen-bond donors (Lipinski definition) is 1. The summed E-state index contributed by atoms with van der Waals surface area (Å²) in [5.74, 6) is -1.35. The van der Waals surface area contributed by atoms with Crippen molar-refractivity contribution >= 4 is 17.8 Å². The summed E-state index contributed by atoms with van der Waals surface area (Å²) in [7, 11) is 2.90. The van der Waals surface area contributed by atoms with Crippen LogP contribution in [0, 0.1) is 12.7 Å². The number of carbonyl (C=O) groups is 3. The molecule has 158 valence electrons. The van der Waals surface area contributed by atoms with E-state index in [1.54, 1.807) is 25.1 Å². The highest BCUT2D eigenvalue weighted by Gasteiger charge is 2.49. The highest BCUT2D eigenvalue weighted by molar-refractivity contribution is 6.09. The van der Waals surface area contributed by atoms with Gasteiger partial charge in [0.1, 0.15) is 12.1 Å². The van der Waals surface area contributed by atoms with Crippen molar-refractivity contribution in [1.82, 2.24) is 15.1 Å². The first-order chi connectivity index (χ1) is 14.2. The molecule has 3 rings (SSSR count). The summed E-state index contributed by atoms with van der Waals surface area (Å²) in [4.78, 5) is 40.3. The number of nitrogens with one attached hydrogen (secondary N) is 1. The van der Waals surface area contributed by atoms with Crippen LogP contribution in [0.15, 0.2) is 42.5 Å². The van der Waals surface area contributed by atoms with Gasteiger partial charge in [0.05, 0.1) is 7.11 Å². The van der Waals surface area contributed by atoms with E-state index in [0.29, 0.717) is 11.1 Å². The van der Waals surface area contributed by atoms with E-state index < -0.39 is 35.7 Å². The number of amides is 4. The van der Waals surface area contributed by atoms with Gasteiger partial charge in [0.25, 0.3) is 5.91 Å². The van der Waals surface area contributed by atoms with Gasteiger partial charge in [0.2, 0.25) is 5.91 Å². The summed E-state index contributed by atoms with van der Waals surface area (Å²) in [6.07, 6.45) is 0. The van der Waals surface area contributed by atoms with Crippen LogP contribution in [0.1, 0.15) is 23.6 Å². The van der Waals surface area contributed by atoms with Gasteiger partial charge in [-0.3, -0.25) is 14.5 Å². The Morgan fingerprint density at radius 1 is 1.20 bits per heavy atom. The Bertz CT molecular complexity index is 992. The average molecular weight is 413 g/mol. The summed E-state index contributed by atoms with van der Waals surface area (Å²) < 4.78 is 18.8. The van der Waals surface area contributed by atoms with Crippen LogP contribution in [-0.2, 0) is 21.7 Å². The smallest absolute Gasteiger partial charge is 0.325 e. The number of likely N-dealkylation sites (N-methyl/N-ethyl adjacent to an activating group) is 1. The quantitative estimate of drug-likeness (QED) is 0.739. The monoisotopic (exact) mass is 413 g/mol. The molecule has 2 aromatic rings. The molecular formula is C22H24FN3O4. The van der Waals surface area contributed by atoms with Gasteiger partial charge in [-0.1, -0.05) is 35.9 Å². The molecule has 0 aliphatic carbocycles. The summed E-state index contributed by atoms with van der Waals surface area (Å²) in [5.41, 5.74) is 1.000. The number of halogens is 1. The largest absolute Gasteiger partial charge is 0.494 e. The number of rotatable bonds is 6. The summed E-state index contributed by atoms with van der Waals surface area (Å²) in [6.45, 7) is 3.27. The number of benzene rings is 2. The Labute approximate surface area is 174 Å². The molecule has 1 unspecified atom stereocenters. The zero-order chi connectivity index (χ0) is 22.1. The van der Waals surface area contributed by atoms with E-state index >= 15 is 0 Å². The summed E-state index contributed by atoms with van der Waals surface area (Å²) in [5, 5.41) is 2.68. The lowest BCUT2D eigenvalue weighted by atomic mass is 9.91. The molecule has 0 aromatic heterocycles. The third-order valence-corrected chi connectivity index (χ3v) is 5.26. The Morgan fingerprint density at radius 2 is 1.87 bits per heavy atom. The summed E-state index contributed by atoms with van der Waals surface area (Å²) >= 11 is 0. The number of aryl methyl sites for hydroxylation is 1. The molecule has 1 fully saturated rings. The van der Waals surface area contributed by atoms with Crippen molar-refractivity contribution in [2.24, 2.45) is 0 Å². The topological polar surface area (TPSA) is 79.0 Å². The second-order valence-electron chi connectivity index (χ2n) is 7.53. The maximum absolute atomic E-state index is 13.9. The molecule has 1 aliphatic heterocycles. The predicted molar refractivity (Wildman–Crippen MR) is 108 cm³/mol. The van der Waals surface area contributed by atoms with Crippen molar-refractivity contribution in [2.75, 3.05) is 20.7 Å². The number of carbonyl (C=O) groups excluding carboxylic acids is 3. The van der Waals surface area contributed by atoms with Gasteiger partial charge in [-0.25, -0.2) is 9.18 Å². The number of methoxy groups -OCH3 is 1. The highest BCUT2D eigenvalue weighted by atomic mass is 19.1. The number of nitrogens with zero attached hydrogens (tertiary/aromatic N) is 2. The molecule has 1 atom stereocenters. The number of ether oxygens (including phenoxy) is 1. The first-order valence-electron chi connectivity index (χ1n) is 9.43. The van der Waals surface area contributed by atoms with Gasteiger partial charge >= 0.3 is 6.03 Å². The molecule has 30 heavy (non-hydrogen) atoms. The molecule has 0 bridgehead atoms. The first kappa shape index (κ1) is 21.3. The van der Waals surface area contributed by atoms with Gasteiger partial charge < -0.3 is 15.0 Å². The molecule has 0 saturated carbocycles. The van der Waals surface area contributed by atoms with Crippen LogP contribution in [0.4, 0.5) is 9.18 Å². The SMILES string of the molecule is COc1ccc(CN(C)C(=O)CN2C(=O)NC(C)(c3ccc(C)cc3)C2=O)cc1F. The molecule has 7 nitrogen and oxygen atoms in total. The summed E-state index contributed by atoms with van der Waals surface area (Å²) in [6, 6.07) is 11.1. The van der Waals surface area contributed by atoms with Crippen LogP contribution in [0.2, 0.25) is 0 Å². The van der Waals surface area contributed by atoms with Gasteiger partial charge in [-0.05, 0) is 37.1 Å². The standard InChI is InChI=1S/C22H24FN3O4/c1-14-5-8-16(9-6-14)22(2)20(28)26(21(29)24-22)13-19(27)25(3)12-15-7-10-18(30-4)17(23)11-15/h5-11H,12-13H2,1-4H3,(H,24,29). The third kappa shape index (κ3) is 3.98. The second kappa shape index (κ2) is 8.14. The molecule has 0 spiro atoms. The molecular weight excluding hydrogens is 389 g/mol. The second-order valence-corrected chi connectivity index (χ2v) is 7.53. The minimum Gasteiger partial charge on any atom is -0.494 e. The van der Waals surface area contributed by atoms with E-state index in [1.165, 1.54) is 31.2 Å². The molecule has 8 heteroatoms. The lowest BCUT2D eigenvalue weighted by Crippen LogP contribution is -2.43. The van der Waals surface area contributed by atoms with E-state index in [9.17, 15) is 18.8 Å². The third-order valence-electron chi connectivity index (χ3n) is 5.26. The minimum atomic E-state index is -1.23. The Morgan fingerprint density at radius 3 is 2.47 bits per heavy atom. The minimum absolute atomic E-state index is 0.113. The maximum Gasteiger partial charge on any atom is 0.325 e. The van der Waals surface area contributed by atoms with Gasteiger partial charge in [0.15, 0.2) is 11.6 Å². The van der Waals surface area contributed by atoms with Crippen molar-refractivity contribution in [2.45, 2.75) is 25.9 Å². The molecule has 1 heterocycles. The highest BCUT2D eigenvalue weighted by Crippen LogP contribution is 2.29. The van der Waals surface area contributed by atoms with Crippen LogP contribution in [0.3, 0.4) is 0 Å². The molecule has 0 radical (unpaired) electrons. The molecule has 4 amide bonds. The van der Waals surface area contributed by atoms with Crippen molar-refractivity contribution in [3.05, 3.63) is 65.0 Å². The van der Waals surface area contributed by atoms with E-state index in [0.717, 1.165) is 10.5 Å². The maximum atomic E-state index is 13.9. The van der Waals surface area contributed by atoms with Crippen molar-refractivity contribution < 1.29 is 23.5 Å². The van der Waals surface area contributed by atoms with Crippen LogP contribution in [0.5, 0.6) is 5.75 Å². The molecule has 1 aliphatic rings. The molecule has 1 saturated heterocycles. The van der Waals surface area contributed by atoms with E-state index in [1.807, 2.05) is 19.1 Å². The van der Waals surface area contributed by atoms with Gasteiger partial charge in [-0.15, -0.1) is 0 Å². The van der Waals surface area contributed by atoms with Crippen LogP contribution < -0.4 is 10.1 Å². The van der Waals surface area contributed by atoms with E-state index in [4.69, 9.17) is 4.74 Å². The fourth-order valence-electron chi connectivity index (χ4n) is 3.35. The number of hydrogen-bond acceptors (Lipinski definition) is 4. The van der Waals surface area contributed by atoms with Crippen molar-refractivity contribution in [3.8, 4) is 5.75 Å². The van der Waals surface area contributed by atoms with Crippen LogP contribution in [0.25, 0.3) is 0 Å². The normalized spacial score (nSPS) is 18.4. The Balaban J connectivity index is 1.70. The molecule has 2 aromatic carbocycles. The lowest BCUT2D eigenvalue weighted by Gasteiger charge is -2.23. The lowest BCUT2D eigenvalue weighted by molar-refractivity contribution is -0.138. The fraction of sp³-hybridized carbons (Fsp3) is 0.318. The average Bonchev–Trinajstić information content (AvgIpc) is 2.92. The Kier molecular flexibility index (Phi) is 5.78. The van der Waals surface area contributed by atoms with E-state index in [-0.39, 0.29) is 12.3 Å².